The summed E-state index contributed by atoms with van der Waals surface area (Å²) < 4.78 is 10.9. The highest BCUT2D eigenvalue weighted by Crippen LogP contribution is 2.42. The molecule has 1 amide bonds. The molecule has 1 aromatic heterocycles. The molecule has 28 heavy (non-hydrogen) atoms. The van der Waals surface area contributed by atoms with Crippen LogP contribution in [0.4, 0.5) is 5.69 Å². The smallest absolute Gasteiger partial charge is 0.277 e. The predicted octanol–water partition coefficient (Wildman–Crippen LogP) is 5.08. The van der Waals surface area contributed by atoms with Gasteiger partial charge >= 0.3 is 0 Å². The number of methoxy groups -OCH3 is 1. The first-order valence-corrected chi connectivity index (χ1v) is 10.1. The van der Waals surface area contributed by atoms with Gasteiger partial charge in [-0.25, -0.2) is 0 Å². The fourth-order valence-corrected chi connectivity index (χ4v) is 3.86. The van der Waals surface area contributed by atoms with Gasteiger partial charge in [0.2, 0.25) is 11.8 Å². The van der Waals surface area contributed by atoms with Crippen molar-refractivity contribution in [1.29, 1.82) is 0 Å². The summed E-state index contributed by atoms with van der Waals surface area (Å²) in [6, 6.07) is 14.6. The molecule has 144 valence electrons. The number of ether oxygens (including phenoxy) is 1. The zero-order chi connectivity index (χ0) is 19.5. The number of carbonyl (C=O) groups excluding carboxylic acids is 1. The highest BCUT2D eigenvalue weighted by atomic mass is 35.5. The van der Waals surface area contributed by atoms with E-state index in [1.807, 2.05) is 30.3 Å². The molecule has 4 rings (SSSR count). The van der Waals surface area contributed by atoms with Crippen LogP contribution in [0.15, 0.2) is 58.2 Å². The number of nitrogens with zero attached hydrogens (tertiary/aromatic N) is 2. The molecule has 1 heterocycles. The number of anilines is 1. The van der Waals surface area contributed by atoms with Crippen LogP contribution in [0.3, 0.4) is 0 Å². The minimum Gasteiger partial charge on any atom is -0.495 e. The standard InChI is InChI=1S/C20H18ClN3O3S/c1-26-16-10-9-14(11-15(16)21)22-18(25)17(12-5-3-2-4-6-12)28-20-24-23-19(27-20)13-7-8-13/h2-6,9-11,13,17H,7-8H2,1H3,(H,22,25)/t17-/m0/s1. The number of hydrogen-bond donors (Lipinski definition) is 1. The summed E-state index contributed by atoms with van der Waals surface area (Å²) in [5.41, 5.74) is 1.43. The Bertz CT molecular complexity index is 976. The summed E-state index contributed by atoms with van der Waals surface area (Å²) in [6.07, 6.45) is 2.15. The van der Waals surface area contributed by atoms with Gasteiger partial charge in [0.1, 0.15) is 11.0 Å². The maximum Gasteiger partial charge on any atom is 0.277 e. The second-order valence-corrected chi connectivity index (χ2v) is 7.89. The third-order valence-corrected chi connectivity index (χ3v) is 5.71. The van der Waals surface area contributed by atoms with Crippen LogP contribution in [0.1, 0.15) is 35.5 Å². The van der Waals surface area contributed by atoms with Gasteiger partial charge in [-0.05, 0) is 48.4 Å². The predicted molar refractivity (Wildman–Crippen MR) is 108 cm³/mol. The van der Waals surface area contributed by atoms with Crippen molar-refractivity contribution in [1.82, 2.24) is 10.2 Å². The summed E-state index contributed by atoms with van der Waals surface area (Å²) in [5, 5.41) is 11.4. The average molecular weight is 416 g/mol. The highest BCUT2D eigenvalue weighted by molar-refractivity contribution is 8.00. The lowest BCUT2D eigenvalue weighted by Gasteiger charge is -2.15. The molecule has 3 aromatic rings. The molecule has 0 saturated heterocycles. The molecule has 1 fully saturated rings. The van der Waals surface area contributed by atoms with Crippen molar-refractivity contribution in [2.75, 3.05) is 12.4 Å². The number of benzene rings is 2. The first kappa shape index (κ1) is 18.8. The van der Waals surface area contributed by atoms with Gasteiger partial charge in [0.05, 0.1) is 12.1 Å². The Labute approximate surface area is 171 Å². The van der Waals surface area contributed by atoms with E-state index in [9.17, 15) is 4.79 Å². The number of aromatic nitrogens is 2. The van der Waals surface area contributed by atoms with Crippen molar-refractivity contribution < 1.29 is 13.9 Å². The van der Waals surface area contributed by atoms with Crippen molar-refractivity contribution in [3.05, 3.63) is 65.0 Å². The maximum atomic E-state index is 13.0. The fourth-order valence-electron chi connectivity index (χ4n) is 2.72. The molecule has 1 saturated carbocycles. The molecular formula is C20H18ClN3O3S. The van der Waals surface area contributed by atoms with E-state index in [-0.39, 0.29) is 5.91 Å². The topological polar surface area (TPSA) is 77.2 Å². The van der Waals surface area contributed by atoms with Crippen molar-refractivity contribution >= 4 is 35.0 Å². The molecule has 0 unspecified atom stereocenters. The molecule has 1 atom stereocenters. The van der Waals surface area contributed by atoms with Crippen molar-refractivity contribution in [2.24, 2.45) is 0 Å². The van der Waals surface area contributed by atoms with E-state index < -0.39 is 5.25 Å². The molecule has 1 aliphatic rings. The summed E-state index contributed by atoms with van der Waals surface area (Å²) in [5.74, 6) is 1.36. The zero-order valence-electron chi connectivity index (χ0n) is 15.1. The van der Waals surface area contributed by atoms with Gasteiger partial charge in [0, 0.05) is 11.6 Å². The number of thioether (sulfide) groups is 1. The number of halogens is 1. The van der Waals surface area contributed by atoms with Crippen LogP contribution in [0.2, 0.25) is 5.02 Å². The van der Waals surface area contributed by atoms with E-state index in [2.05, 4.69) is 15.5 Å². The molecule has 0 bridgehead atoms. The quantitative estimate of drug-likeness (QED) is 0.542. The Morgan fingerprint density at radius 1 is 1.25 bits per heavy atom. The first-order chi connectivity index (χ1) is 13.6. The molecule has 6 nitrogen and oxygen atoms in total. The van der Waals surface area contributed by atoms with Crippen LogP contribution in [-0.2, 0) is 4.79 Å². The molecule has 8 heteroatoms. The van der Waals surface area contributed by atoms with Crippen LogP contribution in [-0.4, -0.2) is 23.2 Å². The Morgan fingerprint density at radius 3 is 2.71 bits per heavy atom. The lowest BCUT2D eigenvalue weighted by atomic mass is 10.1. The number of nitrogens with one attached hydrogen (secondary N) is 1. The largest absolute Gasteiger partial charge is 0.495 e. The Morgan fingerprint density at radius 2 is 2.04 bits per heavy atom. The average Bonchev–Trinajstić information content (AvgIpc) is 3.45. The molecule has 1 N–H and O–H groups in total. The first-order valence-electron chi connectivity index (χ1n) is 8.83. The number of amides is 1. The van der Waals surface area contributed by atoms with Gasteiger partial charge in [0.15, 0.2) is 0 Å². The summed E-state index contributed by atoms with van der Waals surface area (Å²) >= 11 is 7.40. The second kappa shape index (κ2) is 8.24. The number of hydrogen-bond acceptors (Lipinski definition) is 6. The normalized spacial score (nSPS) is 14.5. The summed E-state index contributed by atoms with van der Waals surface area (Å²) in [4.78, 5) is 13.0. The summed E-state index contributed by atoms with van der Waals surface area (Å²) in [6.45, 7) is 0. The monoisotopic (exact) mass is 415 g/mol. The maximum absolute atomic E-state index is 13.0. The van der Waals surface area contributed by atoms with Crippen molar-refractivity contribution in [3.8, 4) is 5.75 Å². The van der Waals surface area contributed by atoms with Crippen LogP contribution in [0.5, 0.6) is 5.75 Å². The molecule has 1 aliphatic carbocycles. The third kappa shape index (κ3) is 4.31. The summed E-state index contributed by atoms with van der Waals surface area (Å²) in [7, 11) is 1.54. The van der Waals surface area contributed by atoms with Crippen LogP contribution in [0.25, 0.3) is 0 Å². The van der Waals surface area contributed by atoms with E-state index in [0.29, 0.717) is 33.5 Å². The minimum absolute atomic E-state index is 0.205. The SMILES string of the molecule is COc1ccc(NC(=O)[C@@H](Sc2nnc(C3CC3)o2)c2ccccc2)cc1Cl. The molecular weight excluding hydrogens is 398 g/mol. The molecule has 0 spiro atoms. The van der Waals surface area contributed by atoms with Crippen molar-refractivity contribution in [2.45, 2.75) is 29.2 Å². The van der Waals surface area contributed by atoms with E-state index >= 15 is 0 Å². The van der Waals surface area contributed by atoms with Crippen LogP contribution in [0, 0.1) is 0 Å². The van der Waals surface area contributed by atoms with Gasteiger partial charge in [-0.1, -0.05) is 41.9 Å². The van der Waals surface area contributed by atoms with E-state index in [1.54, 1.807) is 25.3 Å². The molecule has 0 radical (unpaired) electrons. The second-order valence-electron chi connectivity index (χ2n) is 6.43. The Hall–Kier alpha value is -2.51. The lowest BCUT2D eigenvalue weighted by molar-refractivity contribution is -0.115. The van der Waals surface area contributed by atoms with E-state index in [4.69, 9.17) is 20.8 Å². The Balaban J connectivity index is 1.55. The molecule has 0 aliphatic heterocycles. The Kier molecular flexibility index (Phi) is 5.54. The van der Waals surface area contributed by atoms with E-state index in [0.717, 1.165) is 18.4 Å². The van der Waals surface area contributed by atoms with Crippen molar-refractivity contribution in [3.63, 3.8) is 0 Å². The minimum atomic E-state index is -0.547. The zero-order valence-corrected chi connectivity index (χ0v) is 16.7. The fraction of sp³-hybridized carbons (Fsp3) is 0.250. The van der Waals surface area contributed by atoms with Gasteiger partial charge in [-0.3, -0.25) is 4.79 Å². The molecule has 2 aromatic carbocycles. The number of carbonyl (C=O) groups is 1. The van der Waals surface area contributed by atoms with Gasteiger partial charge < -0.3 is 14.5 Å². The van der Waals surface area contributed by atoms with Gasteiger partial charge in [0.25, 0.3) is 5.22 Å². The van der Waals surface area contributed by atoms with Gasteiger partial charge in [-0.15, -0.1) is 10.2 Å². The van der Waals surface area contributed by atoms with Gasteiger partial charge in [-0.2, -0.15) is 0 Å². The lowest BCUT2D eigenvalue weighted by Crippen LogP contribution is -2.19. The van der Waals surface area contributed by atoms with Crippen LogP contribution >= 0.6 is 23.4 Å². The van der Waals surface area contributed by atoms with E-state index in [1.165, 1.54) is 11.8 Å². The number of rotatable bonds is 7. The highest BCUT2D eigenvalue weighted by Gasteiger charge is 2.31. The third-order valence-electron chi connectivity index (χ3n) is 4.33. The van der Waals surface area contributed by atoms with Crippen LogP contribution < -0.4 is 10.1 Å².